The SMILES string of the molecule is CCc1ccccc1OC(CNC1CC1)C(C)C. The Kier molecular flexibility index (Phi) is 4.65. The maximum absolute atomic E-state index is 6.21. The summed E-state index contributed by atoms with van der Waals surface area (Å²) in [4.78, 5) is 0. The van der Waals surface area contributed by atoms with Crippen LogP contribution >= 0.6 is 0 Å². The summed E-state index contributed by atoms with van der Waals surface area (Å²) in [5.41, 5.74) is 1.30. The summed E-state index contributed by atoms with van der Waals surface area (Å²) < 4.78 is 6.21. The quantitative estimate of drug-likeness (QED) is 0.797. The van der Waals surface area contributed by atoms with Crippen LogP contribution in [0.25, 0.3) is 0 Å². The molecular weight excluding hydrogens is 222 g/mol. The fraction of sp³-hybridized carbons (Fsp3) is 0.625. The summed E-state index contributed by atoms with van der Waals surface area (Å²) in [6.07, 6.45) is 3.95. The lowest BCUT2D eigenvalue weighted by Crippen LogP contribution is -2.36. The number of para-hydroxylation sites is 1. The summed E-state index contributed by atoms with van der Waals surface area (Å²) >= 11 is 0. The molecule has 18 heavy (non-hydrogen) atoms. The summed E-state index contributed by atoms with van der Waals surface area (Å²) in [6, 6.07) is 9.13. The minimum Gasteiger partial charge on any atom is -0.489 e. The molecule has 2 rings (SSSR count). The number of ether oxygens (including phenoxy) is 1. The zero-order valence-corrected chi connectivity index (χ0v) is 11.8. The highest BCUT2D eigenvalue weighted by molar-refractivity contribution is 5.33. The Morgan fingerprint density at radius 2 is 2.00 bits per heavy atom. The van der Waals surface area contributed by atoms with E-state index in [9.17, 15) is 0 Å². The van der Waals surface area contributed by atoms with Crippen molar-refractivity contribution in [3.63, 3.8) is 0 Å². The second-order valence-corrected chi connectivity index (χ2v) is 5.54. The molecule has 2 heteroatoms. The van der Waals surface area contributed by atoms with Crippen molar-refractivity contribution in [1.82, 2.24) is 5.32 Å². The van der Waals surface area contributed by atoms with Gasteiger partial charge in [0.1, 0.15) is 11.9 Å². The van der Waals surface area contributed by atoms with Crippen LogP contribution < -0.4 is 10.1 Å². The summed E-state index contributed by atoms with van der Waals surface area (Å²) in [5.74, 6) is 1.58. The van der Waals surface area contributed by atoms with Gasteiger partial charge >= 0.3 is 0 Å². The number of hydrogen-bond acceptors (Lipinski definition) is 2. The van der Waals surface area contributed by atoms with E-state index in [2.05, 4.69) is 50.4 Å². The average molecular weight is 247 g/mol. The molecule has 1 atom stereocenters. The highest BCUT2D eigenvalue weighted by Crippen LogP contribution is 2.23. The monoisotopic (exact) mass is 247 g/mol. The third-order valence-electron chi connectivity index (χ3n) is 3.56. The van der Waals surface area contributed by atoms with Crippen LogP contribution in [0.15, 0.2) is 24.3 Å². The Hall–Kier alpha value is -1.02. The van der Waals surface area contributed by atoms with Crippen LogP contribution in [0.4, 0.5) is 0 Å². The van der Waals surface area contributed by atoms with Gasteiger partial charge in [0.05, 0.1) is 0 Å². The second kappa shape index (κ2) is 6.24. The van der Waals surface area contributed by atoms with Gasteiger partial charge in [0.15, 0.2) is 0 Å². The number of benzene rings is 1. The molecule has 0 bridgehead atoms. The molecule has 2 nitrogen and oxygen atoms in total. The van der Waals surface area contributed by atoms with Crippen LogP contribution in [0.2, 0.25) is 0 Å². The van der Waals surface area contributed by atoms with Gasteiger partial charge in [-0.1, -0.05) is 39.0 Å². The lowest BCUT2D eigenvalue weighted by molar-refractivity contribution is 0.147. The maximum atomic E-state index is 6.21. The van der Waals surface area contributed by atoms with Crippen molar-refractivity contribution < 1.29 is 4.74 Å². The zero-order chi connectivity index (χ0) is 13.0. The summed E-state index contributed by atoms with van der Waals surface area (Å²) in [6.45, 7) is 7.59. The van der Waals surface area contributed by atoms with Crippen molar-refractivity contribution in [3.05, 3.63) is 29.8 Å². The Bertz CT molecular complexity index is 371. The third kappa shape index (κ3) is 3.74. The number of nitrogens with one attached hydrogen (secondary N) is 1. The molecule has 1 aromatic carbocycles. The molecule has 0 spiro atoms. The van der Waals surface area contributed by atoms with Gasteiger partial charge in [-0.25, -0.2) is 0 Å². The van der Waals surface area contributed by atoms with Crippen molar-refractivity contribution in [2.75, 3.05) is 6.54 Å². The zero-order valence-electron chi connectivity index (χ0n) is 11.8. The standard InChI is InChI=1S/C16H25NO/c1-4-13-7-5-6-8-15(13)18-16(12(2)3)11-17-14-9-10-14/h5-8,12,14,16-17H,4,9-11H2,1-3H3. The molecule has 0 amide bonds. The highest BCUT2D eigenvalue weighted by Gasteiger charge is 2.24. The van der Waals surface area contributed by atoms with E-state index in [1.165, 1.54) is 18.4 Å². The normalized spacial score (nSPS) is 16.9. The van der Waals surface area contributed by atoms with Gasteiger partial charge in [0.25, 0.3) is 0 Å². The van der Waals surface area contributed by atoms with Gasteiger partial charge in [-0.3, -0.25) is 0 Å². The van der Waals surface area contributed by atoms with Gasteiger partial charge in [-0.2, -0.15) is 0 Å². The first-order valence-corrected chi connectivity index (χ1v) is 7.18. The van der Waals surface area contributed by atoms with Crippen LogP contribution in [0, 0.1) is 5.92 Å². The molecule has 0 aromatic heterocycles. The summed E-state index contributed by atoms with van der Waals surface area (Å²) in [7, 11) is 0. The van der Waals surface area contributed by atoms with E-state index in [1.54, 1.807) is 0 Å². The van der Waals surface area contributed by atoms with Gasteiger partial charge in [0.2, 0.25) is 0 Å². The average Bonchev–Trinajstić information content (AvgIpc) is 3.18. The van der Waals surface area contributed by atoms with Crippen molar-refractivity contribution in [1.29, 1.82) is 0 Å². The maximum Gasteiger partial charge on any atom is 0.122 e. The Morgan fingerprint density at radius 1 is 1.28 bits per heavy atom. The van der Waals surface area contributed by atoms with Crippen LogP contribution in [-0.2, 0) is 6.42 Å². The largest absolute Gasteiger partial charge is 0.489 e. The number of hydrogen-bond donors (Lipinski definition) is 1. The lowest BCUT2D eigenvalue weighted by atomic mass is 10.1. The molecule has 1 aromatic rings. The second-order valence-electron chi connectivity index (χ2n) is 5.54. The van der Waals surface area contributed by atoms with E-state index >= 15 is 0 Å². The van der Waals surface area contributed by atoms with Crippen molar-refractivity contribution in [2.45, 2.75) is 52.2 Å². The topological polar surface area (TPSA) is 21.3 Å². The molecule has 0 saturated heterocycles. The fourth-order valence-electron chi connectivity index (χ4n) is 2.06. The minimum absolute atomic E-state index is 0.262. The first-order chi connectivity index (χ1) is 8.70. The van der Waals surface area contributed by atoms with Gasteiger partial charge in [0, 0.05) is 12.6 Å². The molecule has 1 aliphatic carbocycles. The van der Waals surface area contributed by atoms with E-state index in [-0.39, 0.29) is 6.10 Å². The van der Waals surface area contributed by atoms with E-state index in [1.807, 2.05) is 0 Å². The van der Waals surface area contributed by atoms with E-state index in [0.717, 1.165) is 24.8 Å². The number of aryl methyl sites for hydroxylation is 1. The summed E-state index contributed by atoms with van der Waals surface area (Å²) in [5, 5.41) is 3.57. The molecule has 1 N–H and O–H groups in total. The van der Waals surface area contributed by atoms with Gasteiger partial charge in [-0.15, -0.1) is 0 Å². The van der Waals surface area contributed by atoms with E-state index < -0.39 is 0 Å². The molecule has 100 valence electrons. The van der Waals surface area contributed by atoms with Crippen molar-refractivity contribution in [2.24, 2.45) is 5.92 Å². The molecule has 1 unspecified atom stereocenters. The van der Waals surface area contributed by atoms with E-state index in [4.69, 9.17) is 4.74 Å². The third-order valence-corrected chi connectivity index (χ3v) is 3.56. The Balaban J connectivity index is 1.97. The number of rotatable bonds is 7. The Morgan fingerprint density at radius 3 is 2.61 bits per heavy atom. The molecule has 0 heterocycles. The van der Waals surface area contributed by atoms with Crippen LogP contribution in [0.5, 0.6) is 5.75 Å². The molecule has 1 aliphatic rings. The van der Waals surface area contributed by atoms with Gasteiger partial charge in [-0.05, 0) is 36.8 Å². The van der Waals surface area contributed by atoms with Crippen LogP contribution in [-0.4, -0.2) is 18.7 Å². The van der Waals surface area contributed by atoms with E-state index in [0.29, 0.717) is 5.92 Å². The Labute approximate surface area is 111 Å². The first-order valence-electron chi connectivity index (χ1n) is 7.18. The predicted octanol–water partition coefficient (Wildman–Crippen LogP) is 3.40. The van der Waals surface area contributed by atoms with Crippen LogP contribution in [0.3, 0.4) is 0 Å². The fourth-order valence-corrected chi connectivity index (χ4v) is 2.06. The first kappa shape index (κ1) is 13.4. The smallest absolute Gasteiger partial charge is 0.122 e. The predicted molar refractivity (Wildman–Crippen MR) is 76.1 cm³/mol. The van der Waals surface area contributed by atoms with Gasteiger partial charge < -0.3 is 10.1 Å². The van der Waals surface area contributed by atoms with Crippen molar-refractivity contribution >= 4 is 0 Å². The minimum atomic E-state index is 0.262. The highest BCUT2D eigenvalue weighted by atomic mass is 16.5. The van der Waals surface area contributed by atoms with Crippen molar-refractivity contribution in [3.8, 4) is 5.75 Å². The molecule has 1 fully saturated rings. The molecular formula is C16H25NO. The molecule has 0 radical (unpaired) electrons. The lowest BCUT2D eigenvalue weighted by Gasteiger charge is -2.24. The molecule has 1 saturated carbocycles. The van der Waals surface area contributed by atoms with Crippen LogP contribution in [0.1, 0.15) is 39.2 Å². The molecule has 0 aliphatic heterocycles.